The molecule has 0 saturated carbocycles. The van der Waals surface area contributed by atoms with E-state index >= 15 is 0 Å². The molecule has 0 fully saturated rings. The standard InChI is InChI=1S/C10H14N2O4/c1-7(13)6-16-10(15)5-12-4-8(11)2-3-9(12)14/h2-4,7,13H,5-6,11H2,1H3. The molecule has 6 heteroatoms. The molecule has 0 bridgehead atoms. The Morgan fingerprint density at radius 3 is 2.94 bits per heavy atom. The third-order valence-electron chi connectivity index (χ3n) is 1.79. The molecule has 88 valence electrons. The molecule has 0 aliphatic carbocycles. The van der Waals surface area contributed by atoms with Gasteiger partial charge in [0.05, 0.1) is 6.10 Å². The van der Waals surface area contributed by atoms with Crippen molar-refractivity contribution in [3.63, 3.8) is 0 Å². The van der Waals surface area contributed by atoms with Gasteiger partial charge in [0.2, 0.25) is 0 Å². The zero-order valence-corrected chi connectivity index (χ0v) is 8.92. The molecule has 0 saturated heterocycles. The van der Waals surface area contributed by atoms with Crippen LogP contribution in [0.15, 0.2) is 23.1 Å². The molecule has 0 amide bonds. The van der Waals surface area contributed by atoms with Crippen molar-refractivity contribution in [2.24, 2.45) is 0 Å². The summed E-state index contributed by atoms with van der Waals surface area (Å²) in [5, 5.41) is 8.90. The third kappa shape index (κ3) is 3.74. The van der Waals surface area contributed by atoms with Gasteiger partial charge in [-0.15, -0.1) is 0 Å². The van der Waals surface area contributed by atoms with Crippen molar-refractivity contribution in [2.45, 2.75) is 19.6 Å². The molecule has 6 nitrogen and oxygen atoms in total. The number of carbonyl (C=O) groups excluding carboxylic acids is 1. The Kier molecular flexibility index (Phi) is 4.07. The van der Waals surface area contributed by atoms with E-state index in [2.05, 4.69) is 0 Å². The lowest BCUT2D eigenvalue weighted by molar-refractivity contribution is -0.147. The topological polar surface area (TPSA) is 94.6 Å². The van der Waals surface area contributed by atoms with Gasteiger partial charge in [0.25, 0.3) is 5.56 Å². The zero-order chi connectivity index (χ0) is 12.1. The van der Waals surface area contributed by atoms with Crippen LogP contribution in [-0.4, -0.2) is 28.4 Å². The quantitative estimate of drug-likeness (QED) is 0.665. The first-order valence-electron chi connectivity index (χ1n) is 4.78. The van der Waals surface area contributed by atoms with Gasteiger partial charge in [0.15, 0.2) is 0 Å². The second kappa shape index (κ2) is 5.32. The summed E-state index contributed by atoms with van der Waals surface area (Å²) in [7, 11) is 0. The second-order valence-electron chi connectivity index (χ2n) is 3.46. The summed E-state index contributed by atoms with van der Waals surface area (Å²) >= 11 is 0. The van der Waals surface area contributed by atoms with Crippen LogP contribution in [0, 0.1) is 0 Å². The molecule has 1 rings (SSSR count). The van der Waals surface area contributed by atoms with Gasteiger partial charge < -0.3 is 20.1 Å². The van der Waals surface area contributed by atoms with Gasteiger partial charge in [0.1, 0.15) is 13.2 Å². The number of rotatable bonds is 4. The van der Waals surface area contributed by atoms with Crippen LogP contribution in [0.2, 0.25) is 0 Å². The molecular formula is C10H14N2O4. The first-order chi connectivity index (χ1) is 7.49. The Hall–Kier alpha value is -1.82. The molecular weight excluding hydrogens is 212 g/mol. The summed E-state index contributed by atoms with van der Waals surface area (Å²) in [5.41, 5.74) is 5.53. The van der Waals surface area contributed by atoms with E-state index in [9.17, 15) is 9.59 Å². The van der Waals surface area contributed by atoms with Gasteiger partial charge in [-0.05, 0) is 13.0 Å². The van der Waals surface area contributed by atoms with E-state index in [4.69, 9.17) is 15.6 Å². The lowest BCUT2D eigenvalue weighted by Gasteiger charge is -2.08. The fourth-order valence-corrected chi connectivity index (χ4v) is 1.07. The number of nitrogen functional groups attached to an aromatic ring is 1. The average molecular weight is 226 g/mol. The van der Waals surface area contributed by atoms with Crippen molar-refractivity contribution in [1.29, 1.82) is 0 Å². The van der Waals surface area contributed by atoms with E-state index in [1.807, 2.05) is 0 Å². The minimum atomic E-state index is -0.721. The maximum absolute atomic E-state index is 11.3. The number of nitrogens with zero attached hydrogens (tertiary/aromatic N) is 1. The normalized spacial score (nSPS) is 12.1. The SMILES string of the molecule is CC(O)COC(=O)Cn1cc(N)ccc1=O. The number of aromatic nitrogens is 1. The van der Waals surface area contributed by atoms with Crippen molar-refractivity contribution in [1.82, 2.24) is 4.57 Å². The van der Waals surface area contributed by atoms with Crippen molar-refractivity contribution in [3.05, 3.63) is 28.7 Å². The minimum absolute atomic E-state index is 0.0874. The van der Waals surface area contributed by atoms with Crippen molar-refractivity contribution in [3.8, 4) is 0 Å². The van der Waals surface area contributed by atoms with Crippen molar-refractivity contribution >= 4 is 11.7 Å². The minimum Gasteiger partial charge on any atom is -0.462 e. The highest BCUT2D eigenvalue weighted by molar-refractivity contribution is 5.69. The van der Waals surface area contributed by atoms with Crippen LogP contribution in [0.1, 0.15) is 6.92 Å². The predicted octanol–water partition coefficient (Wildman–Crippen LogP) is -0.646. The van der Waals surface area contributed by atoms with E-state index in [1.54, 1.807) is 0 Å². The van der Waals surface area contributed by atoms with Gasteiger partial charge in [-0.3, -0.25) is 9.59 Å². The predicted molar refractivity (Wildman–Crippen MR) is 57.8 cm³/mol. The van der Waals surface area contributed by atoms with E-state index in [0.717, 1.165) is 4.57 Å². The van der Waals surface area contributed by atoms with Crippen LogP contribution in [0.25, 0.3) is 0 Å². The van der Waals surface area contributed by atoms with E-state index in [1.165, 1.54) is 25.3 Å². The van der Waals surface area contributed by atoms with Gasteiger partial charge in [0, 0.05) is 18.0 Å². The molecule has 0 radical (unpaired) electrons. The fourth-order valence-electron chi connectivity index (χ4n) is 1.07. The highest BCUT2D eigenvalue weighted by atomic mass is 16.5. The zero-order valence-electron chi connectivity index (χ0n) is 8.92. The molecule has 0 aromatic carbocycles. The second-order valence-corrected chi connectivity index (χ2v) is 3.46. The number of carbonyl (C=O) groups is 1. The molecule has 0 aliphatic heterocycles. The highest BCUT2D eigenvalue weighted by Crippen LogP contribution is 1.96. The largest absolute Gasteiger partial charge is 0.462 e. The van der Waals surface area contributed by atoms with Crippen LogP contribution < -0.4 is 11.3 Å². The number of anilines is 1. The molecule has 1 aromatic heterocycles. The van der Waals surface area contributed by atoms with Gasteiger partial charge in [-0.25, -0.2) is 0 Å². The summed E-state index contributed by atoms with van der Waals surface area (Å²) in [5.74, 6) is -0.589. The molecule has 0 spiro atoms. The third-order valence-corrected chi connectivity index (χ3v) is 1.79. The van der Waals surface area contributed by atoms with Gasteiger partial charge in [-0.1, -0.05) is 0 Å². The first-order valence-corrected chi connectivity index (χ1v) is 4.78. The molecule has 1 aromatic rings. The Labute approximate surface area is 92.3 Å². The number of aliphatic hydroxyl groups is 1. The number of ether oxygens (including phenoxy) is 1. The molecule has 1 atom stereocenters. The fraction of sp³-hybridized carbons (Fsp3) is 0.400. The Morgan fingerprint density at radius 2 is 2.31 bits per heavy atom. The number of hydrogen-bond donors (Lipinski definition) is 2. The molecule has 1 heterocycles. The van der Waals surface area contributed by atoms with Crippen LogP contribution in [0.5, 0.6) is 0 Å². The van der Waals surface area contributed by atoms with Crippen molar-refractivity contribution in [2.75, 3.05) is 12.3 Å². The smallest absolute Gasteiger partial charge is 0.326 e. The van der Waals surface area contributed by atoms with E-state index in [-0.39, 0.29) is 18.7 Å². The Balaban J connectivity index is 2.62. The lowest BCUT2D eigenvalue weighted by atomic mass is 10.4. The Bertz CT molecular complexity index is 425. The van der Waals surface area contributed by atoms with Gasteiger partial charge in [-0.2, -0.15) is 0 Å². The highest BCUT2D eigenvalue weighted by Gasteiger charge is 2.07. The summed E-state index contributed by atoms with van der Waals surface area (Å²) in [6.45, 7) is 1.20. The Morgan fingerprint density at radius 1 is 1.62 bits per heavy atom. The number of esters is 1. The van der Waals surface area contributed by atoms with E-state index in [0.29, 0.717) is 5.69 Å². The number of hydrogen-bond acceptors (Lipinski definition) is 5. The summed E-state index contributed by atoms with van der Waals surface area (Å²) in [6.07, 6.45) is 0.646. The summed E-state index contributed by atoms with van der Waals surface area (Å²) in [4.78, 5) is 22.5. The van der Waals surface area contributed by atoms with E-state index < -0.39 is 12.1 Å². The maximum Gasteiger partial charge on any atom is 0.326 e. The molecule has 3 N–H and O–H groups in total. The first kappa shape index (κ1) is 12.3. The van der Waals surface area contributed by atoms with Crippen LogP contribution in [-0.2, 0) is 16.1 Å². The van der Waals surface area contributed by atoms with Crippen molar-refractivity contribution < 1.29 is 14.6 Å². The van der Waals surface area contributed by atoms with Crippen LogP contribution >= 0.6 is 0 Å². The lowest BCUT2D eigenvalue weighted by Crippen LogP contribution is -2.26. The molecule has 16 heavy (non-hydrogen) atoms. The van der Waals surface area contributed by atoms with Crippen LogP contribution in [0.4, 0.5) is 5.69 Å². The number of pyridine rings is 1. The number of aliphatic hydroxyl groups excluding tert-OH is 1. The average Bonchev–Trinajstić information content (AvgIpc) is 2.20. The number of nitrogens with two attached hydrogens (primary N) is 1. The molecule has 1 unspecified atom stereocenters. The monoisotopic (exact) mass is 226 g/mol. The van der Waals surface area contributed by atoms with Crippen LogP contribution in [0.3, 0.4) is 0 Å². The van der Waals surface area contributed by atoms with Gasteiger partial charge >= 0.3 is 5.97 Å². The summed E-state index contributed by atoms with van der Waals surface area (Å²) in [6, 6.07) is 2.73. The maximum atomic E-state index is 11.3. The molecule has 0 aliphatic rings. The summed E-state index contributed by atoms with van der Waals surface area (Å²) < 4.78 is 5.87.